The zero-order valence-electron chi connectivity index (χ0n) is 12.3. The van der Waals surface area contributed by atoms with Crippen LogP contribution in [0.25, 0.3) is 10.2 Å². The second-order valence-electron chi connectivity index (χ2n) is 5.04. The maximum absolute atomic E-state index is 12.4. The minimum absolute atomic E-state index is 0.251. The van der Waals surface area contributed by atoms with Crippen LogP contribution in [0.1, 0.15) is 18.1 Å². The van der Waals surface area contributed by atoms with Crippen molar-refractivity contribution in [2.75, 3.05) is 4.72 Å². The number of benzene rings is 2. The summed E-state index contributed by atoms with van der Waals surface area (Å²) in [7, 11) is -3.60. The summed E-state index contributed by atoms with van der Waals surface area (Å²) in [6.07, 6.45) is 0.880. The highest BCUT2D eigenvalue weighted by Crippen LogP contribution is 2.29. The number of aromatic nitrogens is 1. The van der Waals surface area contributed by atoms with Gasteiger partial charge in [0.25, 0.3) is 10.0 Å². The number of aryl methyl sites for hydroxylation is 2. The molecule has 0 fully saturated rings. The van der Waals surface area contributed by atoms with Crippen LogP contribution in [0.5, 0.6) is 0 Å². The first-order chi connectivity index (χ1) is 10.5. The van der Waals surface area contributed by atoms with E-state index in [0.29, 0.717) is 5.13 Å². The summed E-state index contributed by atoms with van der Waals surface area (Å²) in [5, 5.41) is 0.392. The molecule has 2 aromatic carbocycles. The van der Waals surface area contributed by atoms with Gasteiger partial charge in [0.15, 0.2) is 5.13 Å². The molecule has 3 aromatic rings. The van der Waals surface area contributed by atoms with E-state index in [1.165, 1.54) is 11.3 Å². The molecule has 1 N–H and O–H groups in total. The summed E-state index contributed by atoms with van der Waals surface area (Å²) in [4.78, 5) is 4.64. The molecule has 0 radical (unpaired) electrons. The number of para-hydroxylation sites is 1. The molecular weight excluding hydrogens is 316 g/mol. The first kappa shape index (κ1) is 15.0. The monoisotopic (exact) mass is 332 g/mol. The minimum Gasteiger partial charge on any atom is -0.255 e. The second kappa shape index (κ2) is 5.70. The molecule has 22 heavy (non-hydrogen) atoms. The lowest BCUT2D eigenvalue weighted by Crippen LogP contribution is -2.12. The van der Waals surface area contributed by atoms with Gasteiger partial charge >= 0.3 is 0 Å². The summed E-state index contributed by atoms with van der Waals surface area (Å²) in [5.41, 5.74) is 2.98. The highest BCUT2D eigenvalue weighted by Gasteiger charge is 2.16. The number of fused-ring (bicyclic) bond motifs is 1. The standard InChI is InChI=1S/C16H16N2O2S2/c1-3-12-7-9-13(10-8-12)22(19,20)18-16-17-15-11(2)5-4-6-14(15)21-16/h4-10H,3H2,1-2H3,(H,17,18). The van der Waals surface area contributed by atoms with Crippen LogP contribution in [-0.4, -0.2) is 13.4 Å². The van der Waals surface area contributed by atoms with Crippen LogP contribution in [-0.2, 0) is 16.4 Å². The quantitative estimate of drug-likeness (QED) is 0.786. The van der Waals surface area contributed by atoms with Crippen molar-refractivity contribution in [2.45, 2.75) is 25.2 Å². The van der Waals surface area contributed by atoms with Crippen LogP contribution < -0.4 is 4.72 Å². The topological polar surface area (TPSA) is 59.1 Å². The minimum atomic E-state index is -3.60. The predicted molar refractivity (Wildman–Crippen MR) is 91.0 cm³/mol. The number of rotatable bonds is 4. The average molecular weight is 332 g/mol. The zero-order valence-corrected chi connectivity index (χ0v) is 14.0. The molecule has 0 saturated heterocycles. The van der Waals surface area contributed by atoms with E-state index in [4.69, 9.17) is 0 Å². The number of sulfonamides is 1. The zero-order chi connectivity index (χ0) is 15.7. The Kier molecular flexibility index (Phi) is 3.88. The van der Waals surface area contributed by atoms with Crippen LogP contribution in [0.4, 0.5) is 5.13 Å². The van der Waals surface area contributed by atoms with Gasteiger partial charge in [0.05, 0.1) is 15.1 Å². The Morgan fingerprint density at radius 2 is 1.86 bits per heavy atom. The van der Waals surface area contributed by atoms with E-state index < -0.39 is 10.0 Å². The number of anilines is 1. The molecule has 0 saturated carbocycles. The molecule has 114 valence electrons. The van der Waals surface area contributed by atoms with E-state index in [9.17, 15) is 8.42 Å². The van der Waals surface area contributed by atoms with Gasteiger partial charge in [-0.1, -0.05) is 42.5 Å². The molecule has 0 aliphatic rings. The number of hydrogen-bond acceptors (Lipinski definition) is 4. The van der Waals surface area contributed by atoms with E-state index in [1.54, 1.807) is 12.1 Å². The molecule has 0 aliphatic heterocycles. The van der Waals surface area contributed by atoms with E-state index in [0.717, 1.165) is 27.8 Å². The summed E-state index contributed by atoms with van der Waals surface area (Å²) < 4.78 is 28.4. The van der Waals surface area contributed by atoms with Gasteiger partial charge in [-0.15, -0.1) is 0 Å². The van der Waals surface area contributed by atoms with E-state index in [-0.39, 0.29) is 4.90 Å². The Hall–Kier alpha value is -1.92. The lowest BCUT2D eigenvalue weighted by molar-refractivity contribution is 0.601. The van der Waals surface area contributed by atoms with E-state index in [2.05, 4.69) is 9.71 Å². The summed E-state index contributed by atoms with van der Waals surface area (Å²) >= 11 is 1.34. The Balaban J connectivity index is 1.93. The molecule has 0 amide bonds. The van der Waals surface area contributed by atoms with Gasteiger partial charge in [0.2, 0.25) is 0 Å². The van der Waals surface area contributed by atoms with Gasteiger partial charge in [-0.05, 0) is 42.7 Å². The highest BCUT2D eigenvalue weighted by molar-refractivity contribution is 7.93. The molecule has 4 nitrogen and oxygen atoms in total. The summed E-state index contributed by atoms with van der Waals surface area (Å²) in [5.74, 6) is 0. The fourth-order valence-corrected chi connectivity index (χ4v) is 4.39. The number of nitrogens with zero attached hydrogens (tertiary/aromatic N) is 1. The summed E-state index contributed by atoms with van der Waals surface area (Å²) in [6.45, 7) is 4.00. The lowest BCUT2D eigenvalue weighted by Gasteiger charge is -2.05. The van der Waals surface area contributed by atoms with E-state index >= 15 is 0 Å². The average Bonchev–Trinajstić information content (AvgIpc) is 2.90. The number of hydrogen-bond donors (Lipinski definition) is 1. The molecule has 0 unspecified atom stereocenters. The van der Waals surface area contributed by atoms with Gasteiger partial charge in [-0.2, -0.15) is 0 Å². The molecule has 0 atom stereocenters. The van der Waals surface area contributed by atoms with Crippen LogP contribution in [0.15, 0.2) is 47.4 Å². The van der Waals surface area contributed by atoms with Crippen LogP contribution in [0, 0.1) is 6.92 Å². The van der Waals surface area contributed by atoms with Crippen molar-refractivity contribution in [1.82, 2.24) is 4.98 Å². The Bertz CT molecular complexity index is 913. The van der Waals surface area contributed by atoms with Crippen molar-refractivity contribution in [3.63, 3.8) is 0 Å². The van der Waals surface area contributed by atoms with Gasteiger partial charge in [0.1, 0.15) is 0 Å². The smallest absolute Gasteiger partial charge is 0.255 e. The molecule has 6 heteroatoms. The van der Waals surface area contributed by atoms with Gasteiger partial charge in [-0.25, -0.2) is 13.4 Å². The molecule has 1 aromatic heterocycles. The fourth-order valence-electron chi connectivity index (χ4n) is 2.21. The first-order valence-corrected chi connectivity index (χ1v) is 9.27. The van der Waals surface area contributed by atoms with Crippen LogP contribution >= 0.6 is 11.3 Å². The van der Waals surface area contributed by atoms with Crippen LogP contribution in [0.3, 0.4) is 0 Å². The number of thiazole rings is 1. The molecule has 0 aliphatic carbocycles. The molecule has 3 rings (SSSR count). The number of nitrogens with one attached hydrogen (secondary N) is 1. The lowest BCUT2D eigenvalue weighted by atomic mass is 10.2. The Labute approximate surface area is 133 Å². The third-order valence-corrected chi connectivity index (χ3v) is 5.90. The van der Waals surface area contributed by atoms with Crippen molar-refractivity contribution in [2.24, 2.45) is 0 Å². The first-order valence-electron chi connectivity index (χ1n) is 6.97. The van der Waals surface area contributed by atoms with Gasteiger partial charge in [0, 0.05) is 0 Å². The third-order valence-electron chi connectivity index (χ3n) is 3.48. The Morgan fingerprint density at radius 3 is 2.50 bits per heavy atom. The second-order valence-corrected chi connectivity index (χ2v) is 7.76. The normalized spacial score (nSPS) is 11.7. The van der Waals surface area contributed by atoms with E-state index in [1.807, 2.05) is 44.2 Å². The van der Waals surface area contributed by atoms with Crippen LogP contribution in [0.2, 0.25) is 0 Å². The Morgan fingerprint density at radius 1 is 1.14 bits per heavy atom. The van der Waals surface area contributed by atoms with Gasteiger partial charge in [-0.3, -0.25) is 4.72 Å². The van der Waals surface area contributed by atoms with Gasteiger partial charge < -0.3 is 0 Å². The summed E-state index contributed by atoms with van der Waals surface area (Å²) in [6, 6.07) is 12.8. The van der Waals surface area contributed by atoms with Crippen molar-refractivity contribution >= 4 is 36.7 Å². The SMILES string of the molecule is CCc1ccc(S(=O)(=O)Nc2nc3c(C)cccc3s2)cc1. The molecule has 0 spiro atoms. The van der Waals surface area contributed by atoms with Crippen molar-refractivity contribution in [3.8, 4) is 0 Å². The maximum Gasteiger partial charge on any atom is 0.263 e. The molecular formula is C16H16N2O2S2. The van der Waals surface area contributed by atoms with Crippen molar-refractivity contribution in [1.29, 1.82) is 0 Å². The molecule has 1 heterocycles. The molecule has 0 bridgehead atoms. The maximum atomic E-state index is 12.4. The largest absolute Gasteiger partial charge is 0.263 e. The fraction of sp³-hybridized carbons (Fsp3) is 0.188. The predicted octanol–water partition coefficient (Wildman–Crippen LogP) is 3.97. The van der Waals surface area contributed by atoms with Crippen molar-refractivity contribution < 1.29 is 8.42 Å². The third kappa shape index (κ3) is 2.84. The highest BCUT2D eigenvalue weighted by atomic mass is 32.2. The van der Waals surface area contributed by atoms with Crippen molar-refractivity contribution in [3.05, 3.63) is 53.6 Å².